The lowest BCUT2D eigenvalue weighted by Crippen LogP contribution is -2.31. The highest BCUT2D eigenvalue weighted by atomic mass is 16.5. The van der Waals surface area contributed by atoms with Crippen LogP contribution in [0, 0.1) is 11.8 Å². The minimum atomic E-state index is -0.398. The molecular weight excluding hydrogens is 432 g/mol. The molecular formula is C27H28N2O5. The Bertz CT molecular complexity index is 1150. The molecule has 2 aromatic rings. The van der Waals surface area contributed by atoms with Gasteiger partial charge in [0.1, 0.15) is 0 Å². The van der Waals surface area contributed by atoms with Crippen LogP contribution in [0.25, 0.3) is 0 Å². The first-order valence-corrected chi connectivity index (χ1v) is 11.6. The molecule has 0 bridgehead atoms. The van der Waals surface area contributed by atoms with Crippen LogP contribution >= 0.6 is 0 Å². The van der Waals surface area contributed by atoms with Crippen molar-refractivity contribution in [3.05, 3.63) is 71.3 Å². The Morgan fingerprint density at radius 2 is 1.76 bits per heavy atom. The van der Waals surface area contributed by atoms with E-state index in [0.717, 1.165) is 18.4 Å². The highest BCUT2D eigenvalue weighted by Crippen LogP contribution is 2.39. The van der Waals surface area contributed by atoms with Gasteiger partial charge in [-0.05, 0) is 68.7 Å². The molecule has 1 heterocycles. The van der Waals surface area contributed by atoms with Crippen molar-refractivity contribution >= 4 is 35.1 Å². The number of esters is 1. The molecule has 0 aromatic heterocycles. The van der Waals surface area contributed by atoms with Crippen molar-refractivity contribution in [1.29, 1.82) is 0 Å². The summed E-state index contributed by atoms with van der Waals surface area (Å²) in [7, 11) is 0. The van der Waals surface area contributed by atoms with Crippen molar-refractivity contribution in [2.75, 3.05) is 16.8 Å². The number of nitrogens with one attached hydrogen (secondary N) is 1. The molecule has 7 nitrogen and oxygen atoms in total. The molecule has 1 fully saturated rings. The normalized spacial score (nSPS) is 19.5. The molecule has 0 spiro atoms. The molecule has 1 saturated heterocycles. The van der Waals surface area contributed by atoms with Gasteiger partial charge in [0.15, 0.2) is 0 Å². The fourth-order valence-corrected chi connectivity index (χ4v) is 4.36. The molecule has 34 heavy (non-hydrogen) atoms. The molecule has 7 heteroatoms. The number of unbranched alkanes of at least 4 members (excludes halogenated alkanes) is 1. The number of allylic oxidation sites excluding steroid dienone is 2. The summed E-state index contributed by atoms with van der Waals surface area (Å²) in [6, 6.07) is 13.0. The van der Waals surface area contributed by atoms with Crippen LogP contribution in [0.3, 0.4) is 0 Å². The monoisotopic (exact) mass is 460 g/mol. The van der Waals surface area contributed by atoms with Gasteiger partial charge in [0.25, 0.3) is 5.91 Å². The van der Waals surface area contributed by atoms with E-state index in [2.05, 4.69) is 5.32 Å². The van der Waals surface area contributed by atoms with Crippen LogP contribution in [-0.2, 0) is 14.3 Å². The number of nitrogens with zero attached hydrogens (tertiary/aromatic N) is 1. The number of hydrogen-bond acceptors (Lipinski definition) is 5. The second-order valence-electron chi connectivity index (χ2n) is 8.79. The molecule has 2 aliphatic rings. The number of hydrogen-bond donors (Lipinski definition) is 1. The van der Waals surface area contributed by atoms with Crippen molar-refractivity contribution in [3.8, 4) is 0 Å². The first-order chi connectivity index (χ1) is 16.4. The van der Waals surface area contributed by atoms with E-state index < -0.39 is 5.97 Å². The average molecular weight is 461 g/mol. The molecule has 176 valence electrons. The molecule has 2 atom stereocenters. The van der Waals surface area contributed by atoms with Gasteiger partial charge < -0.3 is 10.1 Å². The van der Waals surface area contributed by atoms with Gasteiger partial charge in [0.05, 0.1) is 29.7 Å². The number of anilines is 2. The van der Waals surface area contributed by atoms with E-state index in [9.17, 15) is 19.2 Å². The lowest BCUT2D eigenvalue weighted by Gasteiger charge is -2.18. The average Bonchev–Trinajstić information content (AvgIpc) is 3.08. The van der Waals surface area contributed by atoms with Gasteiger partial charge in [-0.15, -0.1) is 0 Å². The summed E-state index contributed by atoms with van der Waals surface area (Å²) in [4.78, 5) is 52.0. The summed E-state index contributed by atoms with van der Waals surface area (Å²) in [6.45, 7) is 4.37. The molecule has 2 aromatic carbocycles. The minimum absolute atomic E-state index is 0.207. The van der Waals surface area contributed by atoms with Crippen molar-refractivity contribution in [1.82, 2.24) is 0 Å². The van der Waals surface area contributed by atoms with E-state index in [-0.39, 0.29) is 29.6 Å². The van der Waals surface area contributed by atoms with Crippen LogP contribution < -0.4 is 10.2 Å². The molecule has 3 amide bonds. The van der Waals surface area contributed by atoms with Crippen LogP contribution in [0.4, 0.5) is 11.4 Å². The molecule has 0 saturated carbocycles. The van der Waals surface area contributed by atoms with Crippen molar-refractivity contribution in [3.63, 3.8) is 0 Å². The van der Waals surface area contributed by atoms with Gasteiger partial charge >= 0.3 is 5.97 Å². The first kappa shape index (κ1) is 23.4. The first-order valence-electron chi connectivity index (χ1n) is 11.6. The summed E-state index contributed by atoms with van der Waals surface area (Å²) >= 11 is 0. The predicted octanol–water partition coefficient (Wildman–Crippen LogP) is 4.74. The Morgan fingerprint density at radius 1 is 1.03 bits per heavy atom. The van der Waals surface area contributed by atoms with Gasteiger partial charge in [-0.3, -0.25) is 19.3 Å². The zero-order valence-corrected chi connectivity index (χ0v) is 19.4. The molecule has 1 N–H and O–H groups in total. The van der Waals surface area contributed by atoms with Gasteiger partial charge in [0.2, 0.25) is 11.8 Å². The number of imide groups is 1. The molecule has 4 rings (SSSR count). The Balaban J connectivity index is 1.44. The fraction of sp³-hybridized carbons (Fsp3) is 0.333. The molecule has 1 aliphatic carbocycles. The van der Waals surface area contributed by atoms with Crippen molar-refractivity contribution in [2.45, 2.75) is 39.5 Å². The third-order valence-electron chi connectivity index (χ3n) is 6.30. The highest BCUT2D eigenvalue weighted by Gasteiger charge is 2.48. The zero-order valence-electron chi connectivity index (χ0n) is 19.4. The second-order valence-corrected chi connectivity index (χ2v) is 8.79. The van der Waals surface area contributed by atoms with Crippen LogP contribution in [0.5, 0.6) is 0 Å². The maximum atomic E-state index is 13.0. The van der Waals surface area contributed by atoms with Crippen LogP contribution in [-0.4, -0.2) is 30.3 Å². The second kappa shape index (κ2) is 10.0. The summed E-state index contributed by atoms with van der Waals surface area (Å²) in [6.07, 6.45) is 4.94. The van der Waals surface area contributed by atoms with Crippen molar-refractivity contribution < 1.29 is 23.9 Å². The number of rotatable bonds is 7. The lowest BCUT2D eigenvalue weighted by molar-refractivity contribution is -0.122. The quantitative estimate of drug-likeness (QED) is 0.279. The Kier molecular flexibility index (Phi) is 6.91. The van der Waals surface area contributed by atoms with E-state index in [1.54, 1.807) is 48.5 Å². The third kappa shape index (κ3) is 4.78. The third-order valence-corrected chi connectivity index (χ3v) is 6.30. The standard InChI is InChI=1S/C27H28N2O5/c1-3-4-14-34-27(33)18-9-11-20(12-10-18)28-24(30)19-6-5-7-21(16-19)29-25(31)22-13-8-17(2)15-23(22)26(29)32/h5-12,16,22-23H,3-4,13-15H2,1-2H3,(H,28,30)/t22-,23+/m0/s1. The van der Waals surface area contributed by atoms with Crippen LogP contribution in [0.2, 0.25) is 0 Å². The number of ether oxygens (including phenoxy) is 1. The van der Waals surface area contributed by atoms with E-state index in [4.69, 9.17) is 4.74 Å². The molecule has 0 unspecified atom stereocenters. The van der Waals surface area contributed by atoms with Crippen LogP contribution in [0.15, 0.2) is 60.2 Å². The Hall–Kier alpha value is -3.74. The van der Waals surface area contributed by atoms with E-state index in [1.165, 1.54) is 4.90 Å². The molecule has 1 aliphatic heterocycles. The Morgan fingerprint density at radius 3 is 2.50 bits per heavy atom. The number of carbonyl (C=O) groups excluding carboxylic acids is 4. The summed E-state index contributed by atoms with van der Waals surface area (Å²) < 4.78 is 5.19. The zero-order chi connectivity index (χ0) is 24.2. The summed E-state index contributed by atoms with van der Waals surface area (Å²) in [5.74, 6) is -1.86. The minimum Gasteiger partial charge on any atom is -0.462 e. The van der Waals surface area contributed by atoms with Gasteiger partial charge in [-0.25, -0.2) is 4.79 Å². The summed E-state index contributed by atoms with van der Waals surface area (Å²) in [5, 5.41) is 2.78. The number of fused-ring (bicyclic) bond motifs is 1. The van der Waals surface area contributed by atoms with Crippen LogP contribution in [0.1, 0.15) is 60.2 Å². The maximum absolute atomic E-state index is 13.0. The number of carbonyl (C=O) groups is 4. The Labute approximate surface area is 198 Å². The number of amides is 3. The van der Waals surface area contributed by atoms with E-state index in [1.807, 2.05) is 19.9 Å². The van der Waals surface area contributed by atoms with Gasteiger partial charge in [-0.1, -0.05) is 31.1 Å². The van der Waals surface area contributed by atoms with E-state index in [0.29, 0.717) is 42.0 Å². The van der Waals surface area contributed by atoms with Gasteiger partial charge in [0, 0.05) is 11.3 Å². The number of benzene rings is 2. The summed E-state index contributed by atoms with van der Waals surface area (Å²) in [5.41, 5.74) is 2.78. The SMILES string of the molecule is CCCCOC(=O)c1ccc(NC(=O)c2cccc(N3C(=O)[C@H]4CC=C(C)C[C@H]4C3=O)c2)cc1. The highest BCUT2D eigenvalue weighted by molar-refractivity contribution is 6.22. The molecule has 0 radical (unpaired) electrons. The fourth-order valence-electron chi connectivity index (χ4n) is 4.36. The smallest absolute Gasteiger partial charge is 0.338 e. The predicted molar refractivity (Wildman–Crippen MR) is 128 cm³/mol. The van der Waals surface area contributed by atoms with Gasteiger partial charge in [-0.2, -0.15) is 0 Å². The lowest BCUT2D eigenvalue weighted by atomic mass is 9.82. The maximum Gasteiger partial charge on any atom is 0.338 e. The largest absolute Gasteiger partial charge is 0.462 e. The topological polar surface area (TPSA) is 92.8 Å². The van der Waals surface area contributed by atoms with Crippen molar-refractivity contribution in [2.24, 2.45) is 11.8 Å². The van der Waals surface area contributed by atoms with E-state index >= 15 is 0 Å².